The number of hydrogen-bond donors (Lipinski definition) is 4. The van der Waals surface area contributed by atoms with Gasteiger partial charge in [0.2, 0.25) is 0 Å². The second-order valence-electron chi connectivity index (χ2n) is 7.48. The molecule has 0 radical (unpaired) electrons. The van der Waals surface area contributed by atoms with Gasteiger partial charge in [-0.15, -0.1) is 0 Å². The van der Waals surface area contributed by atoms with Gasteiger partial charge in [-0.3, -0.25) is 10.2 Å². The fourth-order valence-corrected chi connectivity index (χ4v) is 3.65. The SMILES string of the molecule is c1ccc2c(Nc3cc(C4CC4)[nH]n3)nc(Nc3ccc4cn[nH]c4c3)cc2c1. The lowest BCUT2D eigenvalue weighted by molar-refractivity contribution is 0.966. The molecule has 0 bridgehead atoms. The van der Waals surface area contributed by atoms with E-state index in [1.807, 2.05) is 36.5 Å². The standard InChI is InChI=1S/C22H19N7/c1-2-4-17-14(3-1)9-20(24-16-8-7-15-12-23-27-18(15)10-16)25-22(17)26-21-11-19(28-29-21)13-5-6-13/h1-4,7-13H,5-6H2,(H,23,27)(H3,24,25,26,28,29). The number of rotatable bonds is 5. The maximum Gasteiger partial charge on any atom is 0.153 e. The maximum atomic E-state index is 4.83. The maximum absolute atomic E-state index is 4.83. The Kier molecular flexibility index (Phi) is 3.52. The number of nitrogens with zero attached hydrogens (tertiary/aromatic N) is 3. The Hall–Kier alpha value is -3.87. The van der Waals surface area contributed by atoms with Crippen molar-refractivity contribution in [1.82, 2.24) is 25.4 Å². The third kappa shape index (κ3) is 3.06. The highest BCUT2D eigenvalue weighted by Gasteiger charge is 2.25. The van der Waals surface area contributed by atoms with Gasteiger partial charge >= 0.3 is 0 Å². The fourth-order valence-electron chi connectivity index (χ4n) is 3.65. The Balaban J connectivity index is 1.37. The monoisotopic (exact) mass is 381 g/mol. The van der Waals surface area contributed by atoms with Gasteiger partial charge in [0.15, 0.2) is 5.82 Å². The van der Waals surface area contributed by atoms with Crippen molar-refractivity contribution < 1.29 is 0 Å². The summed E-state index contributed by atoms with van der Waals surface area (Å²) < 4.78 is 0. The zero-order chi connectivity index (χ0) is 19.2. The molecule has 0 saturated heterocycles. The Labute approximate surface area is 166 Å². The van der Waals surface area contributed by atoms with E-state index in [2.05, 4.69) is 55.3 Å². The van der Waals surface area contributed by atoms with Crippen molar-refractivity contribution in [2.24, 2.45) is 0 Å². The van der Waals surface area contributed by atoms with Crippen molar-refractivity contribution in [1.29, 1.82) is 0 Å². The predicted molar refractivity (Wildman–Crippen MR) is 115 cm³/mol. The number of aromatic nitrogens is 5. The molecule has 0 spiro atoms. The topological polar surface area (TPSA) is 94.3 Å². The van der Waals surface area contributed by atoms with E-state index < -0.39 is 0 Å². The van der Waals surface area contributed by atoms with Crippen LogP contribution in [0.4, 0.5) is 23.1 Å². The number of benzene rings is 2. The van der Waals surface area contributed by atoms with Crippen molar-refractivity contribution >= 4 is 44.8 Å². The first-order valence-electron chi connectivity index (χ1n) is 9.74. The number of H-pyrrole nitrogens is 2. The van der Waals surface area contributed by atoms with E-state index in [9.17, 15) is 0 Å². The molecule has 0 amide bonds. The molecule has 0 aliphatic heterocycles. The van der Waals surface area contributed by atoms with E-state index in [0.717, 1.165) is 44.8 Å². The van der Waals surface area contributed by atoms with Gasteiger partial charge in [-0.1, -0.05) is 24.3 Å². The minimum absolute atomic E-state index is 0.633. The third-order valence-electron chi connectivity index (χ3n) is 5.32. The summed E-state index contributed by atoms with van der Waals surface area (Å²) in [5.74, 6) is 2.97. The molecule has 4 N–H and O–H groups in total. The molecule has 2 aromatic carbocycles. The fraction of sp³-hybridized carbons (Fsp3) is 0.136. The highest BCUT2D eigenvalue weighted by atomic mass is 15.2. The molecule has 7 heteroatoms. The Morgan fingerprint density at radius 3 is 2.72 bits per heavy atom. The van der Waals surface area contributed by atoms with E-state index >= 15 is 0 Å². The summed E-state index contributed by atoms with van der Waals surface area (Å²) in [6.07, 6.45) is 4.29. The number of anilines is 4. The van der Waals surface area contributed by atoms with Crippen LogP contribution in [0.2, 0.25) is 0 Å². The number of aromatic amines is 2. The lowest BCUT2D eigenvalue weighted by Crippen LogP contribution is -2.00. The molecule has 29 heavy (non-hydrogen) atoms. The number of hydrogen-bond acceptors (Lipinski definition) is 5. The van der Waals surface area contributed by atoms with E-state index in [0.29, 0.717) is 5.92 Å². The average molecular weight is 381 g/mol. The summed E-state index contributed by atoms with van der Waals surface area (Å²) >= 11 is 0. The van der Waals surface area contributed by atoms with Gasteiger partial charge < -0.3 is 10.6 Å². The smallest absolute Gasteiger partial charge is 0.153 e. The second kappa shape index (κ2) is 6.34. The van der Waals surface area contributed by atoms with Gasteiger partial charge in [0.05, 0.1) is 11.7 Å². The first-order valence-corrected chi connectivity index (χ1v) is 9.74. The van der Waals surface area contributed by atoms with Crippen LogP contribution in [0.15, 0.2) is 60.8 Å². The lowest BCUT2D eigenvalue weighted by Gasteiger charge is -2.12. The van der Waals surface area contributed by atoms with Gasteiger partial charge in [-0.05, 0) is 42.5 Å². The van der Waals surface area contributed by atoms with Crippen molar-refractivity contribution in [3.63, 3.8) is 0 Å². The largest absolute Gasteiger partial charge is 0.340 e. The molecule has 6 rings (SSSR count). The van der Waals surface area contributed by atoms with Crippen LogP contribution < -0.4 is 10.6 Å². The highest BCUT2D eigenvalue weighted by Crippen LogP contribution is 2.40. The molecule has 1 aliphatic carbocycles. The van der Waals surface area contributed by atoms with Crippen molar-refractivity contribution in [2.75, 3.05) is 10.6 Å². The molecule has 1 saturated carbocycles. The van der Waals surface area contributed by atoms with E-state index in [4.69, 9.17) is 4.98 Å². The van der Waals surface area contributed by atoms with Gasteiger partial charge in [0.1, 0.15) is 11.6 Å². The van der Waals surface area contributed by atoms with Gasteiger partial charge in [-0.25, -0.2) is 4.98 Å². The quantitative estimate of drug-likeness (QED) is 0.336. The molecule has 0 atom stereocenters. The summed E-state index contributed by atoms with van der Waals surface area (Å²) in [7, 11) is 0. The van der Waals surface area contributed by atoms with E-state index in [1.165, 1.54) is 18.5 Å². The Morgan fingerprint density at radius 2 is 1.79 bits per heavy atom. The van der Waals surface area contributed by atoms with E-state index in [1.54, 1.807) is 0 Å². The third-order valence-corrected chi connectivity index (χ3v) is 5.32. The summed E-state index contributed by atoms with van der Waals surface area (Å²) in [5, 5.41) is 24.7. The molecule has 1 fully saturated rings. The zero-order valence-corrected chi connectivity index (χ0v) is 15.6. The summed E-state index contributed by atoms with van der Waals surface area (Å²) in [6.45, 7) is 0. The normalized spacial score (nSPS) is 13.8. The molecule has 3 heterocycles. The van der Waals surface area contributed by atoms with Crippen molar-refractivity contribution in [2.45, 2.75) is 18.8 Å². The molecular weight excluding hydrogens is 362 g/mol. The number of nitrogens with one attached hydrogen (secondary N) is 4. The minimum atomic E-state index is 0.633. The van der Waals surface area contributed by atoms with Crippen LogP contribution in [-0.4, -0.2) is 25.4 Å². The molecular formula is C22H19N7. The van der Waals surface area contributed by atoms with Gasteiger partial charge in [-0.2, -0.15) is 10.2 Å². The molecule has 1 aliphatic rings. The molecule has 5 aromatic rings. The molecule has 142 valence electrons. The second-order valence-corrected chi connectivity index (χ2v) is 7.48. The Bertz CT molecular complexity index is 1330. The summed E-state index contributed by atoms with van der Waals surface area (Å²) in [4.78, 5) is 4.83. The molecule has 3 aromatic heterocycles. The van der Waals surface area contributed by atoms with Crippen molar-refractivity contribution in [3.8, 4) is 0 Å². The van der Waals surface area contributed by atoms with Crippen LogP contribution in [0.1, 0.15) is 24.5 Å². The van der Waals surface area contributed by atoms with Gasteiger partial charge in [0.25, 0.3) is 0 Å². The first kappa shape index (κ1) is 16.1. The van der Waals surface area contributed by atoms with Crippen LogP contribution >= 0.6 is 0 Å². The van der Waals surface area contributed by atoms with Crippen LogP contribution in [0.5, 0.6) is 0 Å². The number of fused-ring (bicyclic) bond motifs is 2. The highest BCUT2D eigenvalue weighted by molar-refractivity contribution is 5.95. The average Bonchev–Trinajstić information content (AvgIpc) is 3.30. The van der Waals surface area contributed by atoms with Gasteiger partial charge in [0, 0.05) is 34.1 Å². The Morgan fingerprint density at radius 1 is 0.862 bits per heavy atom. The van der Waals surface area contributed by atoms with Crippen molar-refractivity contribution in [3.05, 3.63) is 66.5 Å². The van der Waals surface area contributed by atoms with Crippen LogP contribution in [0, 0.1) is 0 Å². The zero-order valence-electron chi connectivity index (χ0n) is 15.6. The first-order chi connectivity index (χ1) is 14.3. The number of pyridine rings is 1. The lowest BCUT2D eigenvalue weighted by atomic mass is 10.1. The molecule has 0 unspecified atom stereocenters. The van der Waals surface area contributed by atoms with Crippen LogP contribution in [-0.2, 0) is 0 Å². The van der Waals surface area contributed by atoms with Crippen LogP contribution in [0.25, 0.3) is 21.7 Å². The van der Waals surface area contributed by atoms with Crippen LogP contribution in [0.3, 0.4) is 0 Å². The summed E-state index contributed by atoms with van der Waals surface area (Å²) in [6, 6.07) is 18.4. The minimum Gasteiger partial charge on any atom is -0.340 e. The summed E-state index contributed by atoms with van der Waals surface area (Å²) in [5.41, 5.74) is 3.13. The molecule has 7 nitrogen and oxygen atoms in total. The van der Waals surface area contributed by atoms with E-state index in [-0.39, 0.29) is 0 Å². The predicted octanol–water partition coefficient (Wildman–Crippen LogP) is 5.20.